The standard InChI is InChI=1S/C17H19N3O4S/c1-13-7-9-16(10-8-13)25(22,23)24-12-15(21)11-17(19-20-18)14-5-3-2-4-6-14/h2-10,15,17,21H,11-12H2,1H3/t15-,17-/m0/s1. The third kappa shape index (κ3) is 5.58. The maximum atomic E-state index is 12.1. The average molecular weight is 361 g/mol. The first-order chi connectivity index (χ1) is 11.9. The van der Waals surface area contributed by atoms with Crippen molar-refractivity contribution in [3.05, 3.63) is 76.2 Å². The van der Waals surface area contributed by atoms with E-state index in [1.807, 2.05) is 13.0 Å². The second-order valence-corrected chi connectivity index (χ2v) is 7.19. The third-order valence-electron chi connectivity index (χ3n) is 3.60. The summed E-state index contributed by atoms with van der Waals surface area (Å²) in [6.07, 6.45) is -1.05. The van der Waals surface area contributed by atoms with Gasteiger partial charge < -0.3 is 5.11 Å². The second-order valence-electron chi connectivity index (χ2n) is 5.57. The second kappa shape index (κ2) is 8.64. The normalized spacial score (nSPS) is 13.7. The van der Waals surface area contributed by atoms with Gasteiger partial charge in [0.25, 0.3) is 10.1 Å². The quantitative estimate of drug-likeness (QED) is 0.335. The maximum Gasteiger partial charge on any atom is 0.297 e. The Morgan fingerprint density at radius 2 is 1.80 bits per heavy atom. The van der Waals surface area contributed by atoms with Crippen LogP contribution in [0.1, 0.15) is 23.6 Å². The summed E-state index contributed by atoms with van der Waals surface area (Å²) < 4.78 is 29.1. The van der Waals surface area contributed by atoms with Crippen LogP contribution in [0.15, 0.2) is 64.6 Å². The van der Waals surface area contributed by atoms with Crippen LogP contribution in [0.5, 0.6) is 0 Å². The molecule has 0 aliphatic rings. The molecule has 25 heavy (non-hydrogen) atoms. The molecule has 0 heterocycles. The molecule has 2 aromatic rings. The highest BCUT2D eigenvalue weighted by Gasteiger charge is 2.20. The molecule has 0 aromatic heterocycles. The molecule has 1 N–H and O–H groups in total. The summed E-state index contributed by atoms with van der Waals surface area (Å²) in [4.78, 5) is 2.81. The molecule has 0 aliphatic carbocycles. The van der Waals surface area contributed by atoms with Crippen molar-refractivity contribution in [2.24, 2.45) is 5.11 Å². The van der Waals surface area contributed by atoms with Gasteiger partial charge in [-0.15, -0.1) is 0 Å². The Kier molecular flexibility index (Phi) is 6.55. The minimum absolute atomic E-state index is 0.0277. The van der Waals surface area contributed by atoms with E-state index in [4.69, 9.17) is 9.71 Å². The van der Waals surface area contributed by atoms with Crippen molar-refractivity contribution < 1.29 is 17.7 Å². The van der Waals surface area contributed by atoms with Crippen LogP contribution in [0, 0.1) is 6.92 Å². The molecule has 0 fully saturated rings. The summed E-state index contributed by atoms with van der Waals surface area (Å²) in [7, 11) is -3.95. The molecule has 8 heteroatoms. The zero-order chi connectivity index (χ0) is 18.3. The Morgan fingerprint density at radius 3 is 2.40 bits per heavy atom. The van der Waals surface area contributed by atoms with Crippen LogP contribution < -0.4 is 0 Å². The van der Waals surface area contributed by atoms with Crippen LogP contribution in [0.3, 0.4) is 0 Å². The van der Waals surface area contributed by atoms with E-state index in [2.05, 4.69) is 10.0 Å². The van der Waals surface area contributed by atoms with Crippen LogP contribution >= 0.6 is 0 Å². The van der Waals surface area contributed by atoms with Crippen molar-refractivity contribution in [3.63, 3.8) is 0 Å². The molecule has 2 atom stereocenters. The van der Waals surface area contributed by atoms with Gasteiger partial charge in [-0.2, -0.15) is 8.42 Å². The number of aryl methyl sites for hydroxylation is 1. The number of nitrogens with zero attached hydrogens (tertiary/aromatic N) is 3. The highest BCUT2D eigenvalue weighted by molar-refractivity contribution is 7.86. The fraction of sp³-hybridized carbons (Fsp3) is 0.294. The van der Waals surface area contributed by atoms with Crippen LogP contribution in [0.25, 0.3) is 10.4 Å². The van der Waals surface area contributed by atoms with E-state index in [1.165, 1.54) is 12.1 Å². The zero-order valence-corrected chi connectivity index (χ0v) is 14.5. The summed E-state index contributed by atoms with van der Waals surface area (Å²) in [5.41, 5.74) is 10.4. The van der Waals surface area contributed by atoms with Crippen molar-refractivity contribution in [1.29, 1.82) is 0 Å². The molecule has 132 valence electrons. The molecule has 0 unspecified atom stereocenters. The summed E-state index contributed by atoms with van der Waals surface area (Å²) in [5, 5.41) is 13.8. The van der Waals surface area contributed by atoms with Crippen LogP contribution in [-0.2, 0) is 14.3 Å². The summed E-state index contributed by atoms with van der Waals surface area (Å²) >= 11 is 0. The van der Waals surface area contributed by atoms with Gasteiger partial charge in [0.05, 0.1) is 23.6 Å². The number of aliphatic hydroxyl groups is 1. The molecule has 0 amide bonds. The van der Waals surface area contributed by atoms with E-state index in [9.17, 15) is 13.5 Å². The van der Waals surface area contributed by atoms with Crippen molar-refractivity contribution in [3.8, 4) is 0 Å². The summed E-state index contributed by atoms with van der Waals surface area (Å²) in [6.45, 7) is 1.43. The minimum atomic E-state index is -3.95. The summed E-state index contributed by atoms with van der Waals surface area (Å²) in [5.74, 6) is 0. The minimum Gasteiger partial charge on any atom is -0.391 e. The SMILES string of the molecule is Cc1ccc(S(=O)(=O)OC[C@@H](O)C[C@H](N=[N+]=[N-])c2ccccc2)cc1. The number of hydrogen-bond donors (Lipinski definition) is 1. The first-order valence-electron chi connectivity index (χ1n) is 7.65. The molecule has 0 aliphatic heterocycles. The lowest BCUT2D eigenvalue weighted by atomic mass is 10.0. The Morgan fingerprint density at radius 1 is 1.16 bits per heavy atom. The number of rotatable bonds is 8. The predicted molar refractivity (Wildman–Crippen MR) is 93.3 cm³/mol. The number of azide groups is 1. The fourth-order valence-corrected chi connectivity index (χ4v) is 3.20. The lowest BCUT2D eigenvalue weighted by Crippen LogP contribution is -2.21. The lowest BCUT2D eigenvalue weighted by molar-refractivity contribution is 0.0967. The van der Waals surface area contributed by atoms with E-state index in [0.717, 1.165) is 11.1 Å². The van der Waals surface area contributed by atoms with E-state index in [1.54, 1.807) is 36.4 Å². The van der Waals surface area contributed by atoms with Gasteiger partial charge in [0.1, 0.15) is 0 Å². The highest BCUT2D eigenvalue weighted by atomic mass is 32.2. The smallest absolute Gasteiger partial charge is 0.297 e. The maximum absolute atomic E-state index is 12.1. The van der Waals surface area contributed by atoms with Crippen molar-refractivity contribution >= 4 is 10.1 Å². The Labute approximate surface area is 146 Å². The van der Waals surface area contributed by atoms with Gasteiger partial charge in [-0.1, -0.05) is 53.1 Å². The Balaban J connectivity index is 2.00. The van der Waals surface area contributed by atoms with Gasteiger partial charge in [-0.25, -0.2) is 0 Å². The largest absolute Gasteiger partial charge is 0.391 e. The molecule has 0 bridgehead atoms. The van der Waals surface area contributed by atoms with Crippen molar-refractivity contribution in [1.82, 2.24) is 0 Å². The monoisotopic (exact) mass is 361 g/mol. The van der Waals surface area contributed by atoms with Gasteiger partial charge in [0.2, 0.25) is 0 Å². The van der Waals surface area contributed by atoms with Crippen LogP contribution in [0.4, 0.5) is 0 Å². The summed E-state index contributed by atoms with van der Waals surface area (Å²) in [6, 6.07) is 14.6. The average Bonchev–Trinajstić information content (AvgIpc) is 2.61. The molecule has 0 saturated carbocycles. The predicted octanol–water partition coefficient (Wildman–Crippen LogP) is 3.50. The first-order valence-corrected chi connectivity index (χ1v) is 9.06. The fourth-order valence-electron chi connectivity index (χ4n) is 2.25. The Bertz CT molecular complexity index is 832. The van der Waals surface area contributed by atoms with Gasteiger partial charge in [0, 0.05) is 4.91 Å². The number of hydrogen-bond acceptors (Lipinski definition) is 5. The molecule has 0 radical (unpaired) electrons. The number of aliphatic hydroxyl groups excluding tert-OH is 1. The van der Waals surface area contributed by atoms with E-state index >= 15 is 0 Å². The molecule has 0 spiro atoms. The van der Waals surface area contributed by atoms with Gasteiger partial charge in [-0.05, 0) is 36.6 Å². The third-order valence-corrected chi connectivity index (χ3v) is 4.89. The first kappa shape index (κ1) is 19.0. The van der Waals surface area contributed by atoms with Crippen LogP contribution in [0.2, 0.25) is 0 Å². The van der Waals surface area contributed by atoms with Crippen LogP contribution in [-0.4, -0.2) is 26.2 Å². The molecule has 2 aromatic carbocycles. The Hall–Kier alpha value is -2.38. The molecular formula is C17H19N3O4S. The van der Waals surface area contributed by atoms with E-state index in [0.29, 0.717) is 0 Å². The van der Waals surface area contributed by atoms with E-state index in [-0.39, 0.29) is 11.3 Å². The molecular weight excluding hydrogens is 342 g/mol. The molecule has 0 saturated heterocycles. The van der Waals surface area contributed by atoms with E-state index < -0.39 is 28.9 Å². The molecule has 7 nitrogen and oxygen atoms in total. The molecule has 2 rings (SSSR count). The van der Waals surface area contributed by atoms with Gasteiger partial charge in [0.15, 0.2) is 0 Å². The number of benzene rings is 2. The van der Waals surface area contributed by atoms with Gasteiger partial charge in [-0.3, -0.25) is 4.18 Å². The lowest BCUT2D eigenvalue weighted by Gasteiger charge is -2.16. The zero-order valence-electron chi connectivity index (χ0n) is 13.7. The van der Waals surface area contributed by atoms with Crippen molar-refractivity contribution in [2.75, 3.05) is 6.61 Å². The van der Waals surface area contributed by atoms with Crippen molar-refractivity contribution in [2.45, 2.75) is 30.4 Å². The topological polar surface area (TPSA) is 112 Å². The highest BCUT2D eigenvalue weighted by Crippen LogP contribution is 2.23. The van der Waals surface area contributed by atoms with Gasteiger partial charge >= 0.3 is 0 Å².